The Balaban J connectivity index is 1.55. The molecule has 4 nitrogen and oxygen atoms in total. The van der Waals surface area contributed by atoms with Crippen molar-refractivity contribution in [2.45, 2.75) is 39.7 Å². The summed E-state index contributed by atoms with van der Waals surface area (Å²) in [5.41, 5.74) is 3.14. The Labute approximate surface area is 205 Å². The van der Waals surface area contributed by atoms with Crippen LogP contribution in [0.1, 0.15) is 43.4 Å². The molecule has 184 valence electrons. The Morgan fingerprint density at radius 1 is 0.914 bits per heavy atom. The van der Waals surface area contributed by atoms with Gasteiger partial charge in [-0.3, -0.25) is 4.79 Å². The summed E-state index contributed by atoms with van der Waals surface area (Å²) in [6.45, 7) is 4.55. The summed E-state index contributed by atoms with van der Waals surface area (Å²) in [6.07, 6.45) is 3.10. The van der Waals surface area contributed by atoms with Gasteiger partial charge in [0.2, 0.25) is 0 Å². The van der Waals surface area contributed by atoms with Gasteiger partial charge in [-0.1, -0.05) is 55.5 Å². The molecule has 0 N–H and O–H groups in total. The molecule has 6 heteroatoms. The highest BCUT2D eigenvalue weighted by Crippen LogP contribution is 2.24. The van der Waals surface area contributed by atoms with Crippen molar-refractivity contribution >= 4 is 11.5 Å². The maximum Gasteiger partial charge on any atom is 0.306 e. The van der Waals surface area contributed by atoms with Gasteiger partial charge in [0.1, 0.15) is 24.8 Å². The van der Waals surface area contributed by atoms with Crippen LogP contribution in [0.3, 0.4) is 0 Å². The van der Waals surface area contributed by atoms with Crippen LogP contribution in [0.15, 0.2) is 72.8 Å². The standard InChI is InChI=1S/C29H30F2O4/c1-3-8-24(22-9-6-5-7-10-22)20-34-25-14-11-21(12-15-25)19-35-28-18-26(30)23(17-27(28)31)13-16-29(32)33-4-2/h5-12,14-15,17-18H,3-4,13,16,19-20H2,1-2H3. The zero-order valence-electron chi connectivity index (χ0n) is 20.1. The number of allylic oxidation sites excluding steroid dienone is 1. The third kappa shape index (κ3) is 7.95. The Bertz CT molecular complexity index is 1130. The van der Waals surface area contributed by atoms with Gasteiger partial charge >= 0.3 is 5.97 Å². The molecule has 0 aromatic heterocycles. The number of carbonyl (C=O) groups excluding carboxylic acids is 1. The fourth-order valence-corrected chi connectivity index (χ4v) is 3.50. The lowest BCUT2D eigenvalue weighted by molar-refractivity contribution is -0.143. The largest absolute Gasteiger partial charge is 0.489 e. The summed E-state index contributed by atoms with van der Waals surface area (Å²) in [5.74, 6) is -1.22. The van der Waals surface area contributed by atoms with Gasteiger partial charge in [-0.15, -0.1) is 0 Å². The van der Waals surface area contributed by atoms with Crippen LogP contribution in [0.25, 0.3) is 5.57 Å². The second-order valence-corrected chi connectivity index (χ2v) is 7.90. The van der Waals surface area contributed by atoms with E-state index in [1.807, 2.05) is 42.5 Å². The minimum Gasteiger partial charge on any atom is -0.489 e. The zero-order valence-corrected chi connectivity index (χ0v) is 20.1. The summed E-state index contributed by atoms with van der Waals surface area (Å²) in [4.78, 5) is 11.5. The highest BCUT2D eigenvalue weighted by atomic mass is 19.1. The maximum absolute atomic E-state index is 14.4. The molecule has 0 spiro atoms. The van der Waals surface area contributed by atoms with Crippen molar-refractivity contribution in [1.29, 1.82) is 0 Å². The quantitative estimate of drug-likeness (QED) is 0.264. The molecule has 0 saturated carbocycles. The van der Waals surface area contributed by atoms with E-state index in [0.717, 1.165) is 35.3 Å². The van der Waals surface area contributed by atoms with Crippen LogP contribution in [-0.2, 0) is 22.6 Å². The zero-order chi connectivity index (χ0) is 25.0. The molecule has 0 fully saturated rings. The molecule has 0 amide bonds. The van der Waals surface area contributed by atoms with Crippen molar-refractivity contribution in [1.82, 2.24) is 0 Å². The van der Waals surface area contributed by atoms with Gasteiger partial charge in [0, 0.05) is 12.5 Å². The average molecular weight is 481 g/mol. The van der Waals surface area contributed by atoms with Gasteiger partial charge in [0.05, 0.1) is 6.61 Å². The third-order valence-electron chi connectivity index (χ3n) is 5.31. The number of hydrogen-bond donors (Lipinski definition) is 0. The number of hydrogen-bond acceptors (Lipinski definition) is 4. The molecule has 3 aromatic carbocycles. The van der Waals surface area contributed by atoms with E-state index in [2.05, 4.69) is 25.1 Å². The molecule has 0 aliphatic carbocycles. The van der Waals surface area contributed by atoms with Crippen molar-refractivity contribution in [2.75, 3.05) is 13.2 Å². The Morgan fingerprint density at radius 3 is 2.34 bits per heavy atom. The molecule has 0 heterocycles. The first-order valence-corrected chi connectivity index (χ1v) is 11.7. The lowest BCUT2D eigenvalue weighted by Crippen LogP contribution is -2.07. The first-order chi connectivity index (χ1) is 17.0. The molecule has 0 aliphatic rings. The topological polar surface area (TPSA) is 44.8 Å². The molecule has 35 heavy (non-hydrogen) atoms. The van der Waals surface area contributed by atoms with Crippen LogP contribution in [-0.4, -0.2) is 19.2 Å². The van der Waals surface area contributed by atoms with Crippen molar-refractivity contribution in [3.05, 3.63) is 101 Å². The van der Waals surface area contributed by atoms with Gasteiger partial charge in [0.15, 0.2) is 11.6 Å². The second kappa shape index (κ2) is 13.3. The molecule has 0 saturated heterocycles. The molecule has 0 aliphatic heterocycles. The van der Waals surface area contributed by atoms with E-state index in [1.165, 1.54) is 0 Å². The summed E-state index contributed by atoms with van der Waals surface area (Å²) >= 11 is 0. The smallest absolute Gasteiger partial charge is 0.306 e. The lowest BCUT2D eigenvalue weighted by Gasteiger charge is -2.12. The van der Waals surface area contributed by atoms with Crippen LogP contribution < -0.4 is 9.47 Å². The third-order valence-corrected chi connectivity index (χ3v) is 5.31. The summed E-state index contributed by atoms with van der Waals surface area (Å²) in [5, 5.41) is 0. The first-order valence-electron chi connectivity index (χ1n) is 11.7. The van der Waals surface area contributed by atoms with E-state index >= 15 is 0 Å². The van der Waals surface area contributed by atoms with Gasteiger partial charge in [-0.05, 0) is 60.2 Å². The summed E-state index contributed by atoms with van der Waals surface area (Å²) < 4.78 is 45.0. The molecule has 0 atom stereocenters. The van der Waals surface area contributed by atoms with E-state index < -0.39 is 17.6 Å². The number of carbonyl (C=O) groups is 1. The number of aryl methyl sites for hydroxylation is 1. The fraction of sp³-hybridized carbons (Fsp3) is 0.276. The van der Waals surface area contributed by atoms with E-state index in [4.69, 9.17) is 14.2 Å². The monoisotopic (exact) mass is 480 g/mol. The van der Waals surface area contributed by atoms with Crippen LogP contribution >= 0.6 is 0 Å². The fourth-order valence-electron chi connectivity index (χ4n) is 3.50. The highest BCUT2D eigenvalue weighted by Gasteiger charge is 2.13. The van der Waals surface area contributed by atoms with Gasteiger partial charge < -0.3 is 14.2 Å². The van der Waals surface area contributed by atoms with Crippen molar-refractivity contribution in [2.24, 2.45) is 0 Å². The SMILES string of the molecule is CCC=C(COc1ccc(COc2cc(F)c(CCC(=O)OCC)cc2F)cc1)c1ccccc1. The van der Waals surface area contributed by atoms with Crippen molar-refractivity contribution in [3.8, 4) is 11.5 Å². The number of esters is 1. The van der Waals surface area contributed by atoms with Crippen LogP contribution in [0.5, 0.6) is 11.5 Å². The Hall–Kier alpha value is -3.67. The number of rotatable bonds is 12. The first kappa shape index (κ1) is 25.9. The van der Waals surface area contributed by atoms with Crippen molar-refractivity contribution in [3.63, 3.8) is 0 Å². The van der Waals surface area contributed by atoms with Gasteiger partial charge in [-0.25, -0.2) is 8.78 Å². The number of halogens is 2. The van der Waals surface area contributed by atoms with Gasteiger partial charge in [0.25, 0.3) is 0 Å². The van der Waals surface area contributed by atoms with E-state index in [0.29, 0.717) is 12.4 Å². The molecular formula is C29H30F2O4. The van der Waals surface area contributed by atoms with E-state index in [-0.39, 0.29) is 37.4 Å². The van der Waals surface area contributed by atoms with Gasteiger partial charge in [-0.2, -0.15) is 0 Å². The summed E-state index contributed by atoms with van der Waals surface area (Å²) in [6, 6.07) is 19.5. The molecule has 0 unspecified atom stereocenters. The van der Waals surface area contributed by atoms with E-state index in [1.54, 1.807) is 6.92 Å². The minimum atomic E-state index is -0.679. The molecule has 3 aromatic rings. The number of ether oxygens (including phenoxy) is 3. The predicted molar refractivity (Wildman–Crippen MR) is 132 cm³/mol. The predicted octanol–water partition coefficient (Wildman–Crippen LogP) is 6.91. The number of benzene rings is 3. The Kier molecular flexibility index (Phi) is 9.84. The highest BCUT2D eigenvalue weighted by molar-refractivity contribution is 5.69. The van der Waals surface area contributed by atoms with E-state index in [9.17, 15) is 13.6 Å². The lowest BCUT2D eigenvalue weighted by atomic mass is 10.1. The van der Waals surface area contributed by atoms with Crippen LogP contribution in [0.4, 0.5) is 8.78 Å². The maximum atomic E-state index is 14.4. The minimum absolute atomic E-state index is 0.0140. The second-order valence-electron chi connectivity index (χ2n) is 7.90. The van der Waals surface area contributed by atoms with Crippen LogP contribution in [0.2, 0.25) is 0 Å². The molecular weight excluding hydrogens is 450 g/mol. The van der Waals surface area contributed by atoms with Crippen molar-refractivity contribution < 1.29 is 27.8 Å². The normalized spacial score (nSPS) is 11.3. The summed E-state index contributed by atoms with van der Waals surface area (Å²) in [7, 11) is 0. The van der Waals surface area contributed by atoms with Crippen LogP contribution in [0, 0.1) is 11.6 Å². The average Bonchev–Trinajstić information content (AvgIpc) is 2.87. The molecule has 0 radical (unpaired) electrons. The molecule has 0 bridgehead atoms. The Morgan fingerprint density at radius 2 is 1.66 bits per heavy atom. The molecule has 3 rings (SSSR count).